The van der Waals surface area contributed by atoms with Gasteiger partial charge in [0.25, 0.3) is 20.0 Å². The standard InChI is InChI=1S/C22H19N3O6S4/c26-22(27)25-10-9-19-15(13-25)12-21(33-19)35(30,31)24-17-7-3-2-6-16(17)23-34(28,29)20-11-14-5-1-4-8-18(14)32-20/h1-8,11-12,23-24H,9-10,13H2,(H,26,27). The summed E-state index contributed by atoms with van der Waals surface area (Å²) < 4.78 is 58.3. The van der Waals surface area contributed by atoms with Gasteiger partial charge >= 0.3 is 6.09 Å². The summed E-state index contributed by atoms with van der Waals surface area (Å²) in [6.07, 6.45) is -0.614. The molecule has 4 aromatic rings. The number of amides is 1. The number of fused-ring (bicyclic) bond motifs is 2. The summed E-state index contributed by atoms with van der Waals surface area (Å²) in [5.41, 5.74) is 0.824. The first kappa shape index (κ1) is 23.6. The second-order valence-corrected chi connectivity index (χ2v) is 13.9. The molecule has 3 heterocycles. The predicted molar refractivity (Wildman–Crippen MR) is 136 cm³/mol. The zero-order valence-corrected chi connectivity index (χ0v) is 21.2. The number of nitrogens with zero attached hydrogens (tertiary/aromatic N) is 1. The van der Waals surface area contributed by atoms with Gasteiger partial charge in [0.2, 0.25) is 0 Å². The molecule has 0 atom stereocenters. The van der Waals surface area contributed by atoms with Gasteiger partial charge in [0.15, 0.2) is 0 Å². The van der Waals surface area contributed by atoms with Crippen LogP contribution in [-0.2, 0) is 33.0 Å². The molecule has 1 aliphatic heterocycles. The highest BCUT2D eigenvalue weighted by Gasteiger charge is 2.27. The van der Waals surface area contributed by atoms with E-state index in [0.717, 1.165) is 37.6 Å². The van der Waals surface area contributed by atoms with Crippen molar-refractivity contribution in [3.05, 3.63) is 71.1 Å². The topological polar surface area (TPSA) is 133 Å². The molecule has 13 heteroatoms. The van der Waals surface area contributed by atoms with Crippen molar-refractivity contribution in [2.24, 2.45) is 0 Å². The number of sulfonamides is 2. The van der Waals surface area contributed by atoms with Crippen LogP contribution in [0.3, 0.4) is 0 Å². The number of hydrogen-bond donors (Lipinski definition) is 3. The van der Waals surface area contributed by atoms with Gasteiger partial charge in [0.1, 0.15) is 8.42 Å². The third kappa shape index (κ3) is 4.72. The number of thiophene rings is 2. The van der Waals surface area contributed by atoms with E-state index < -0.39 is 26.1 Å². The molecule has 5 rings (SSSR count). The minimum absolute atomic E-state index is 0.0388. The maximum atomic E-state index is 13.1. The van der Waals surface area contributed by atoms with Crippen molar-refractivity contribution in [1.82, 2.24) is 4.90 Å². The van der Waals surface area contributed by atoms with Gasteiger partial charge in [-0.3, -0.25) is 9.44 Å². The Morgan fingerprint density at radius 3 is 2.09 bits per heavy atom. The van der Waals surface area contributed by atoms with Crippen LogP contribution in [0.15, 0.2) is 69.1 Å². The largest absolute Gasteiger partial charge is 0.465 e. The van der Waals surface area contributed by atoms with Crippen LogP contribution in [-0.4, -0.2) is 39.5 Å². The lowest BCUT2D eigenvalue weighted by atomic mass is 10.1. The van der Waals surface area contributed by atoms with Crippen molar-refractivity contribution in [1.29, 1.82) is 0 Å². The molecule has 0 spiro atoms. The Bertz CT molecular complexity index is 1620. The van der Waals surface area contributed by atoms with Gasteiger partial charge in [-0.1, -0.05) is 30.3 Å². The molecule has 0 saturated heterocycles. The van der Waals surface area contributed by atoms with Crippen molar-refractivity contribution in [3.63, 3.8) is 0 Å². The quantitative estimate of drug-likeness (QED) is 0.322. The highest BCUT2D eigenvalue weighted by atomic mass is 32.3. The summed E-state index contributed by atoms with van der Waals surface area (Å²) in [6, 6.07) is 16.5. The summed E-state index contributed by atoms with van der Waals surface area (Å²) in [5.74, 6) is 0. The van der Waals surface area contributed by atoms with Crippen LogP contribution in [0, 0.1) is 0 Å². The van der Waals surface area contributed by atoms with Crippen molar-refractivity contribution in [2.75, 3.05) is 16.0 Å². The fourth-order valence-corrected chi connectivity index (χ4v) is 8.84. The second-order valence-electron chi connectivity index (χ2n) is 7.83. The van der Waals surface area contributed by atoms with Gasteiger partial charge in [-0.2, -0.15) is 0 Å². The van der Waals surface area contributed by atoms with Gasteiger partial charge in [-0.25, -0.2) is 21.6 Å². The molecule has 0 fully saturated rings. The molecule has 0 bridgehead atoms. The first-order chi connectivity index (χ1) is 16.6. The lowest BCUT2D eigenvalue weighted by Gasteiger charge is -2.23. The van der Waals surface area contributed by atoms with E-state index in [1.54, 1.807) is 18.2 Å². The van der Waals surface area contributed by atoms with Crippen LogP contribution in [0.5, 0.6) is 0 Å². The van der Waals surface area contributed by atoms with Crippen LogP contribution < -0.4 is 9.44 Å². The lowest BCUT2D eigenvalue weighted by molar-refractivity contribution is 0.140. The molecular weight excluding hydrogens is 531 g/mol. The fraction of sp³-hybridized carbons (Fsp3) is 0.136. The molecule has 1 amide bonds. The average Bonchev–Trinajstić information content (AvgIpc) is 3.45. The first-order valence-electron chi connectivity index (χ1n) is 10.3. The second kappa shape index (κ2) is 8.82. The zero-order valence-electron chi connectivity index (χ0n) is 18.0. The number of nitrogens with one attached hydrogen (secondary N) is 2. The minimum atomic E-state index is -4.04. The molecule has 0 aliphatic carbocycles. The van der Waals surface area contributed by atoms with Crippen LogP contribution in [0.1, 0.15) is 10.4 Å². The Balaban J connectivity index is 1.41. The van der Waals surface area contributed by atoms with Crippen LogP contribution in [0.2, 0.25) is 0 Å². The molecule has 3 N–H and O–H groups in total. The Labute approximate surface area is 209 Å². The normalized spacial score (nSPS) is 14.0. The van der Waals surface area contributed by atoms with E-state index in [4.69, 9.17) is 0 Å². The molecule has 35 heavy (non-hydrogen) atoms. The van der Waals surface area contributed by atoms with Gasteiger partial charge in [0.05, 0.1) is 17.9 Å². The van der Waals surface area contributed by atoms with Gasteiger partial charge in [-0.15, -0.1) is 22.7 Å². The molecule has 2 aromatic heterocycles. The third-order valence-corrected chi connectivity index (χ3v) is 11.5. The highest BCUT2D eigenvalue weighted by Crippen LogP contribution is 2.35. The number of benzene rings is 2. The molecule has 0 radical (unpaired) electrons. The SMILES string of the molecule is O=C(O)N1CCc2sc(S(=O)(=O)Nc3ccccc3NS(=O)(=O)c3cc4ccccc4s3)cc2C1. The molecule has 0 saturated carbocycles. The number of anilines is 2. The van der Waals surface area contributed by atoms with E-state index in [0.29, 0.717) is 18.5 Å². The number of carbonyl (C=O) groups is 1. The summed E-state index contributed by atoms with van der Waals surface area (Å²) >= 11 is 2.21. The predicted octanol–water partition coefficient (Wildman–Crippen LogP) is 4.60. The minimum Gasteiger partial charge on any atom is -0.465 e. The number of hydrogen-bond acceptors (Lipinski definition) is 7. The average molecular weight is 550 g/mol. The summed E-state index contributed by atoms with van der Waals surface area (Å²) in [6.45, 7) is 0.431. The van der Waals surface area contributed by atoms with Crippen LogP contribution >= 0.6 is 22.7 Å². The van der Waals surface area contributed by atoms with Gasteiger partial charge in [0, 0.05) is 16.1 Å². The molecule has 1 aliphatic rings. The maximum absolute atomic E-state index is 13.1. The lowest BCUT2D eigenvalue weighted by Crippen LogP contribution is -2.33. The number of para-hydroxylation sites is 2. The summed E-state index contributed by atoms with van der Waals surface area (Å²) in [5, 5.41) is 10.0. The van der Waals surface area contributed by atoms with E-state index in [2.05, 4.69) is 9.44 Å². The number of rotatable bonds is 6. The van der Waals surface area contributed by atoms with Crippen molar-refractivity contribution < 1.29 is 26.7 Å². The van der Waals surface area contributed by atoms with Gasteiger partial charge < -0.3 is 10.0 Å². The first-order valence-corrected chi connectivity index (χ1v) is 14.9. The summed E-state index contributed by atoms with van der Waals surface area (Å²) in [4.78, 5) is 13.3. The molecule has 2 aromatic carbocycles. The Hall–Kier alpha value is -3.13. The van der Waals surface area contributed by atoms with Crippen LogP contribution in [0.4, 0.5) is 16.2 Å². The molecule has 0 unspecified atom stereocenters. The van der Waals surface area contributed by atoms with E-state index >= 15 is 0 Å². The van der Waals surface area contributed by atoms with Crippen molar-refractivity contribution >= 4 is 70.3 Å². The summed E-state index contributed by atoms with van der Waals surface area (Å²) in [7, 11) is -8.00. The fourth-order valence-electron chi connectivity index (χ4n) is 3.74. The van der Waals surface area contributed by atoms with Crippen LogP contribution in [0.25, 0.3) is 10.1 Å². The van der Waals surface area contributed by atoms with E-state index in [-0.39, 0.29) is 26.3 Å². The van der Waals surface area contributed by atoms with Crippen molar-refractivity contribution in [3.8, 4) is 0 Å². The van der Waals surface area contributed by atoms with Crippen molar-refractivity contribution in [2.45, 2.75) is 21.4 Å². The zero-order chi connectivity index (χ0) is 24.8. The third-order valence-electron chi connectivity index (χ3n) is 5.46. The number of carboxylic acid groups (broad SMARTS) is 1. The molecular formula is C22H19N3O6S4. The Kier molecular flexibility index (Phi) is 5.95. The Morgan fingerprint density at radius 2 is 1.46 bits per heavy atom. The molecule has 182 valence electrons. The van der Waals surface area contributed by atoms with E-state index in [1.165, 1.54) is 23.1 Å². The van der Waals surface area contributed by atoms with Gasteiger partial charge in [-0.05, 0) is 47.7 Å². The highest BCUT2D eigenvalue weighted by molar-refractivity contribution is 7.95. The Morgan fingerprint density at radius 1 is 0.857 bits per heavy atom. The monoisotopic (exact) mass is 549 g/mol. The van der Waals surface area contributed by atoms with E-state index in [1.807, 2.05) is 24.3 Å². The molecule has 9 nitrogen and oxygen atoms in total. The maximum Gasteiger partial charge on any atom is 0.407 e. The van der Waals surface area contributed by atoms with E-state index in [9.17, 15) is 26.7 Å². The smallest absolute Gasteiger partial charge is 0.407 e.